The van der Waals surface area contributed by atoms with Gasteiger partial charge in [0.05, 0.1) is 44.0 Å². The molecule has 0 aliphatic heterocycles. The fourth-order valence-corrected chi connectivity index (χ4v) is 4.88. The zero-order valence-corrected chi connectivity index (χ0v) is 24.0. The number of rotatable bonds is 8. The van der Waals surface area contributed by atoms with Gasteiger partial charge in [0, 0.05) is 17.0 Å². The lowest BCUT2D eigenvalue weighted by Gasteiger charge is -2.21. The molecule has 216 valence electrons. The van der Waals surface area contributed by atoms with Gasteiger partial charge in [-0.25, -0.2) is 28.9 Å². The van der Waals surface area contributed by atoms with Crippen LogP contribution in [0, 0.1) is 12.7 Å². The summed E-state index contributed by atoms with van der Waals surface area (Å²) < 4.78 is 35.9. The van der Waals surface area contributed by atoms with Crippen LogP contribution in [0.5, 0.6) is 11.6 Å². The van der Waals surface area contributed by atoms with Crippen molar-refractivity contribution in [3.05, 3.63) is 60.1 Å². The fraction of sp³-hybridized carbons (Fsp3) is 0.250. The summed E-state index contributed by atoms with van der Waals surface area (Å²) in [5.41, 5.74) is 3.11. The number of halogens is 1. The van der Waals surface area contributed by atoms with E-state index in [9.17, 15) is 9.59 Å². The molecule has 0 spiro atoms. The minimum atomic E-state index is -0.819. The van der Waals surface area contributed by atoms with Crippen molar-refractivity contribution >= 4 is 50.3 Å². The monoisotopic (exact) mass is 592 g/mol. The van der Waals surface area contributed by atoms with E-state index in [1.165, 1.54) is 36.9 Å². The van der Waals surface area contributed by atoms with Crippen LogP contribution in [0.3, 0.4) is 0 Å². The van der Waals surface area contributed by atoms with Crippen LogP contribution in [-0.4, -0.2) is 63.4 Å². The number of anilines is 1. The van der Waals surface area contributed by atoms with Crippen LogP contribution in [-0.2, 0) is 9.47 Å². The van der Waals surface area contributed by atoms with E-state index >= 15 is 4.39 Å². The van der Waals surface area contributed by atoms with Gasteiger partial charge in [0.2, 0.25) is 5.82 Å². The van der Waals surface area contributed by atoms with Crippen LogP contribution >= 0.6 is 11.3 Å². The molecule has 1 N–H and O–H groups in total. The molecule has 0 saturated heterocycles. The predicted molar refractivity (Wildman–Crippen MR) is 152 cm³/mol. The quantitative estimate of drug-likeness (QED) is 0.233. The molecule has 12 nitrogen and oxygen atoms in total. The molecule has 42 heavy (non-hydrogen) atoms. The van der Waals surface area contributed by atoms with Crippen molar-refractivity contribution < 1.29 is 32.9 Å². The highest BCUT2D eigenvalue weighted by atomic mass is 32.1. The first-order valence-corrected chi connectivity index (χ1v) is 13.4. The number of aryl methyl sites for hydroxylation is 1. The van der Waals surface area contributed by atoms with Crippen LogP contribution in [0.25, 0.3) is 31.8 Å². The van der Waals surface area contributed by atoms with Crippen LogP contribution < -0.4 is 14.8 Å². The van der Waals surface area contributed by atoms with Crippen LogP contribution in [0.1, 0.15) is 30.0 Å². The molecule has 0 fully saturated rings. The van der Waals surface area contributed by atoms with E-state index in [-0.39, 0.29) is 17.4 Å². The van der Waals surface area contributed by atoms with E-state index in [4.69, 9.17) is 14.2 Å². The van der Waals surface area contributed by atoms with Crippen molar-refractivity contribution in [1.82, 2.24) is 24.9 Å². The molecule has 5 rings (SSSR count). The third kappa shape index (κ3) is 6.02. The van der Waals surface area contributed by atoms with Gasteiger partial charge >= 0.3 is 12.1 Å². The summed E-state index contributed by atoms with van der Waals surface area (Å²) in [6.07, 6.45) is 1.72. The molecule has 5 aromatic rings. The second-order valence-corrected chi connectivity index (χ2v) is 10.2. The standard InChI is InChI=1S/C28H25FN6O6S/c1-13-6-16-8-18(38-4)12-30-22(16)19(7-13)25-34-21-9-20(29)24(35-26(21)42-25)40-14(2)15(3)41-28(37)33-17-10-31-23(32-11-17)27(36)39-5/h6-12,14-15H,1-5H3,(H,33,37)/t14-,15+/m0/s1. The Morgan fingerprint density at radius 2 is 1.74 bits per heavy atom. The van der Waals surface area contributed by atoms with E-state index in [0.29, 0.717) is 21.1 Å². The maximum absolute atomic E-state index is 15.0. The van der Waals surface area contributed by atoms with E-state index in [1.54, 1.807) is 27.2 Å². The third-order valence-corrected chi connectivity index (χ3v) is 7.19. The van der Waals surface area contributed by atoms with E-state index < -0.39 is 30.1 Å². The van der Waals surface area contributed by atoms with E-state index in [1.807, 2.05) is 25.1 Å². The first-order chi connectivity index (χ1) is 20.1. The molecular weight excluding hydrogens is 567 g/mol. The predicted octanol–water partition coefficient (Wildman–Crippen LogP) is 5.34. The van der Waals surface area contributed by atoms with E-state index in [0.717, 1.165) is 22.0 Å². The average molecular weight is 593 g/mol. The number of esters is 1. The maximum atomic E-state index is 15.0. The highest BCUT2D eigenvalue weighted by molar-refractivity contribution is 7.21. The summed E-state index contributed by atoms with van der Waals surface area (Å²) in [6.45, 7) is 5.18. The van der Waals surface area contributed by atoms with Crippen molar-refractivity contribution in [2.24, 2.45) is 0 Å². The minimum absolute atomic E-state index is 0.157. The molecule has 1 amide bonds. The summed E-state index contributed by atoms with van der Waals surface area (Å²) >= 11 is 1.28. The number of carbonyl (C=O) groups excluding carboxylic acids is 2. The lowest BCUT2D eigenvalue weighted by molar-refractivity contribution is 0.0379. The summed E-state index contributed by atoms with van der Waals surface area (Å²) in [4.78, 5) is 45.4. The Balaban J connectivity index is 1.30. The summed E-state index contributed by atoms with van der Waals surface area (Å²) in [7, 11) is 2.79. The number of ether oxygens (including phenoxy) is 4. The molecule has 14 heteroatoms. The molecular formula is C28H25FN6O6S. The fourth-order valence-electron chi connectivity index (χ4n) is 3.95. The number of pyridine rings is 2. The van der Waals surface area contributed by atoms with Crippen LogP contribution in [0.15, 0.2) is 42.9 Å². The van der Waals surface area contributed by atoms with Gasteiger partial charge in [-0.1, -0.05) is 11.3 Å². The molecule has 0 radical (unpaired) electrons. The van der Waals surface area contributed by atoms with Gasteiger partial charge in [-0.15, -0.1) is 0 Å². The minimum Gasteiger partial charge on any atom is -0.495 e. The van der Waals surface area contributed by atoms with E-state index in [2.05, 4.69) is 35.0 Å². The molecule has 0 aliphatic carbocycles. The smallest absolute Gasteiger partial charge is 0.412 e. The van der Waals surface area contributed by atoms with Crippen molar-refractivity contribution in [2.75, 3.05) is 19.5 Å². The lowest BCUT2D eigenvalue weighted by atomic mass is 10.1. The highest BCUT2D eigenvalue weighted by Crippen LogP contribution is 2.36. The molecule has 0 aliphatic rings. The van der Waals surface area contributed by atoms with Crippen molar-refractivity contribution in [2.45, 2.75) is 33.0 Å². The zero-order chi connectivity index (χ0) is 30.0. The number of aromatic nitrogens is 5. The number of benzene rings is 1. The van der Waals surface area contributed by atoms with Crippen molar-refractivity contribution in [3.63, 3.8) is 0 Å². The largest absolute Gasteiger partial charge is 0.495 e. The first kappa shape index (κ1) is 28.5. The van der Waals surface area contributed by atoms with Crippen molar-refractivity contribution in [1.29, 1.82) is 0 Å². The summed E-state index contributed by atoms with van der Waals surface area (Å²) in [5.74, 6) is -1.18. The van der Waals surface area contributed by atoms with Gasteiger partial charge in [0.15, 0.2) is 5.82 Å². The second-order valence-electron chi connectivity index (χ2n) is 9.22. The van der Waals surface area contributed by atoms with Gasteiger partial charge < -0.3 is 18.9 Å². The second kappa shape index (κ2) is 11.9. The zero-order valence-electron chi connectivity index (χ0n) is 23.2. The Kier molecular flexibility index (Phi) is 8.06. The molecule has 4 aromatic heterocycles. The SMILES string of the molecule is COC(=O)c1ncc(NC(=O)O[C@H](C)[C@H](C)Oc2nc3sc(-c4cc(C)cc5cc(OC)cnc45)nc3cc2F)cn1. The Hall–Kier alpha value is -4.98. The molecule has 2 atom stereocenters. The highest BCUT2D eigenvalue weighted by Gasteiger charge is 2.23. The van der Waals surface area contributed by atoms with Gasteiger partial charge in [0.1, 0.15) is 33.3 Å². The number of thiazole rings is 1. The average Bonchev–Trinajstić information content (AvgIpc) is 3.38. The number of amides is 1. The Morgan fingerprint density at radius 3 is 2.45 bits per heavy atom. The number of methoxy groups -OCH3 is 2. The summed E-state index contributed by atoms with van der Waals surface area (Å²) in [5, 5.41) is 3.97. The van der Waals surface area contributed by atoms with Gasteiger partial charge in [-0.3, -0.25) is 10.3 Å². The molecule has 0 bridgehead atoms. The maximum Gasteiger partial charge on any atom is 0.412 e. The van der Waals surface area contributed by atoms with Crippen LogP contribution in [0.2, 0.25) is 0 Å². The molecule has 4 heterocycles. The number of hydrogen-bond donors (Lipinski definition) is 1. The van der Waals surface area contributed by atoms with Gasteiger partial charge in [0.25, 0.3) is 5.88 Å². The number of fused-ring (bicyclic) bond motifs is 2. The van der Waals surface area contributed by atoms with Gasteiger partial charge in [-0.05, 0) is 44.5 Å². The Bertz CT molecular complexity index is 1800. The number of nitrogens with one attached hydrogen (secondary N) is 1. The number of carbonyl (C=O) groups is 2. The molecule has 0 saturated carbocycles. The molecule has 1 aromatic carbocycles. The van der Waals surface area contributed by atoms with Crippen molar-refractivity contribution in [3.8, 4) is 22.2 Å². The normalized spacial score (nSPS) is 12.5. The van der Waals surface area contributed by atoms with Crippen LogP contribution in [0.4, 0.5) is 14.9 Å². The topological polar surface area (TPSA) is 148 Å². The third-order valence-electron chi connectivity index (χ3n) is 6.19. The molecule has 0 unspecified atom stereocenters. The Morgan fingerprint density at radius 1 is 0.976 bits per heavy atom. The Labute approximate surface area is 242 Å². The summed E-state index contributed by atoms with van der Waals surface area (Å²) in [6, 6.07) is 7.13. The first-order valence-electron chi connectivity index (χ1n) is 12.6. The lowest BCUT2D eigenvalue weighted by Crippen LogP contribution is -2.33. The number of nitrogens with zero attached hydrogens (tertiary/aromatic N) is 5. The van der Waals surface area contributed by atoms with Gasteiger partial charge in [-0.2, -0.15) is 4.98 Å². The number of hydrogen-bond acceptors (Lipinski definition) is 12.